The number of amides is 1. The maximum Gasteiger partial charge on any atom is 0.224 e. The molecule has 1 aromatic carbocycles. The molecule has 0 spiro atoms. The molecule has 1 aliphatic heterocycles. The smallest absolute Gasteiger partial charge is 0.224 e. The fourth-order valence-electron chi connectivity index (χ4n) is 3.34. The summed E-state index contributed by atoms with van der Waals surface area (Å²) in [5.41, 5.74) is 2.12. The molecule has 1 unspecified atom stereocenters. The number of benzene rings is 1. The first kappa shape index (κ1) is 16.7. The Morgan fingerprint density at radius 3 is 2.75 bits per heavy atom. The van der Waals surface area contributed by atoms with Gasteiger partial charge < -0.3 is 10.2 Å². The quantitative estimate of drug-likeness (QED) is 0.941. The highest BCUT2D eigenvalue weighted by molar-refractivity contribution is 5.78. The Hall–Kier alpha value is -2.20. The normalized spacial score (nSPS) is 18.4. The lowest BCUT2D eigenvalue weighted by Gasteiger charge is -2.38. The summed E-state index contributed by atoms with van der Waals surface area (Å²) >= 11 is 0. The van der Waals surface area contributed by atoms with Crippen LogP contribution < -0.4 is 5.32 Å². The maximum absolute atomic E-state index is 13.0. The summed E-state index contributed by atoms with van der Waals surface area (Å²) in [5, 5.41) is 3.39. The van der Waals surface area contributed by atoms with Crippen LogP contribution in [0.1, 0.15) is 37.4 Å². The van der Waals surface area contributed by atoms with Crippen molar-refractivity contribution < 1.29 is 4.79 Å². The minimum absolute atomic E-state index is 0.0616. The number of carbonyl (C=O) groups excluding carboxylic acids is 1. The van der Waals surface area contributed by atoms with Gasteiger partial charge in [0, 0.05) is 38.4 Å². The third-order valence-electron chi connectivity index (χ3n) is 4.78. The molecule has 1 amide bonds. The molecule has 4 nitrogen and oxygen atoms in total. The van der Waals surface area contributed by atoms with E-state index in [1.165, 1.54) is 5.56 Å². The second-order valence-corrected chi connectivity index (χ2v) is 7.02. The predicted octanol–water partition coefficient (Wildman–Crippen LogP) is 2.92. The molecule has 126 valence electrons. The van der Waals surface area contributed by atoms with E-state index in [2.05, 4.69) is 36.3 Å². The molecule has 0 aliphatic carbocycles. The van der Waals surface area contributed by atoms with E-state index >= 15 is 0 Å². The number of pyridine rings is 1. The number of carbonyl (C=O) groups is 1. The van der Waals surface area contributed by atoms with Gasteiger partial charge in [-0.1, -0.05) is 50.2 Å². The van der Waals surface area contributed by atoms with Crippen LogP contribution in [0.3, 0.4) is 0 Å². The first-order valence-electron chi connectivity index (χ1n) is 8.53. The standard InChI is InChI=1S/C20H25N3O/c1-20(2,17-8-4-3-5-9-17)13-19(24)23-12-11-22-15-18(23)16-7-6-10-21-14-16/h3-10,14,18,22H,11-13,15H2,1-2H3. The van der Waals surface area contributed by atoms with Gasteiger partial charge in [0.25, 0.3) is 0 Å². The van der Waals surface area contributed by atoms with E-state index in [1.807, 2.05) is 41.4 Å². The molecule has 1 aromatic heterocycles. The van der Waals surface area contributed by atoms with Crippen molar-refractivity contribution in [1.82, 2.24) is 15.2 Å². The highest BCUT2D eigenvalue weighted by Gasteiger charge is 2.32. The largest absolute Gasteiger partial charge is 0.333 e. The Labute approximate surface area is 143 Å². The first-order chi connectivity index (χ1) is 11.6. The molecule has 2 aromatic rings. The van der Waals surface area contributed by atoms with E-state index in [4.69, 9.17) is 0 Å². The Bertz CT molecular complexity index is 670. The Kier molecular flexibility index (Phi) is 4.95. The van der Waals surface area contributed by atoms with E-state index in [-0.39, 0.29) is 17.4 Å². The van der Waals surface area contributed by atoms with Crippen molar-refractivity contribution in [2.24, 2.45) is 0 Å². The number of nitrogens with one attached hydrogen (secondary N) is 1. The average molecular weight is 323 g/mol. The van der Waals surface area contributed by atoms with Gasteiger partial charge in [-0.15, -0.1) is 0 Å². The Morgan fingerprint density at radius 1 is 1.25 bits per heavy atom. The lowest BCUT2D eigenvalue weighted by Crippen LogP contribution is -2.49. The second kappa shape index (κ2) is 7.14. The van der Waals surface area contributed by atoms with E-state index in [0.717, 1.165) is 25.2 Å². The third kappa shape index (κ3) is 3.65. The van der Waals surface area contributed by atoms with Crippen molar-refractivity contribution in [3.63, 3.8) is 0 Å². The van der Waals surface area contributed by atoms with Crippen LogP contribution in [0.25, 0.3) is 0 Å². The van der Waals surface area contributed by atoms with Crippen LogP contribution >= 0.6 is 0 Å². The molecule has 3 rings (SSSR count). The summed E-state index contributed by atoms with van der Waals surface area (Å²) in [7, 11) is 0. The zero-order chi connectivity index (χ0) is 17.0. The minimum atomic E-state index is -0.178. The molecule has 1 N–H and O–H groups in total. The van der Waals surface area contributed by atoms with E-state index in [0.29, 0.717) is 6.42 Å². The number of aromatic nitrogens is 1. The number of hydrogen-bond donors (Lipinski definition) is 1. The Balaban J connectivity index is 1.77. The van der Waals surface area contributed by atoms with Crippen LogP contribution in [0.4, 0.5) is 0 Å². The summed E-state index contributed by atoms with van der Waals surface area (Å²) in [6, 6.07) is 14.3. The number of piperazine rings is 1. The second-order valence-electron chi connectivity index (χ2n) is 7.02. The molecule has 2 heterocycles. The van der Waals surface area contributed by atoms with Crippen LogP contribution in [0.5, 0.6) is 0 Å². The van der Waals surface area contributed by atoms with Crippen molar-refractivity contribution in [3.8, 4) is 0 Å². The van der Waals surface area contributed by atoms with Crippen molar-refractivity contribution in [1.29, 1.82) is 0 Å². The average Bonchev–Trinajstić information content (AvgIpc) is 2.63. The van der Waals surface area contributed by atoms with Gasteiger partial charge >= 0.3 is 0 Å². The summed E-state index contributed by atoms with van der Waals surface area (Å²) in [4.78, 5) is 19.3. The fourth-order valence-corrected chi connectivity index (χ4v) is 3.34. The van der Waals surface area contributed by atoms with E-state index < -0.39 is 0 Å². The van der Waals surface area contributed by atoms with Crippen LogP contribution in [-0.4, -0.2) is 35.4 Å². The maximum atomic E-state index is 13.0. The topological polar surface area (TPSA) is 45.2 Å². The zero-order valence-electron chi connectivity index (χ0n) is 14.4. The number of nitrogens with zero attached hydrogens (tertiary/aromatic N) is 2. The van der Waals surface area contributed by atoms with Crippen molar-refractivity contribution in [2.75, 3.05) is 19.6 Å². The van der Waals surface area contributed by atoms with Crippen LogP contribution in [0.15, 0.2) is 54.9 Å². The third-order valence-corrected chi connectivity index (χ3v) is 4.78. The number of hydrogen-bond acceptors (Lipinski definition) is 3. The highest BCUT2D eigenvalue weighted by Crippen LogP contribution is 2.30. The molecular weight excluding hydrogens is 298 g/mol. The van der Waals surface area contributed by atoms with Gasteiger partial charge in [0.15, 0.2) is 0 Å². The molecule has 1 saturated heterocycles. The fraction of sp³-hybridized carbons (Fsp3) is 0.400. The summed E-state index contributed by atoms with van der Waals surface area (Å²) < 4.78 is 0. The molecule has 1 atom stereocenters. The molecular formula is C20H25N3O. The summed E-state index contributed by atoms with van der Waals surface area (Å²) in [5.74, 6) is 0.208. The van der Waals surface area contributed by atoms with Gasteiger partial charge in [0.2, 0.25) is 5.91 Å². The van der Waals surface area contributed by atoms with Crippen LogP contribution in [0.2, 0.25) is 0 Å². The van der Waals surface area contributed by atoms with Crippen LogP contribution in [-0.2, 0) is 10.2 Å². The SMILES string of the molecule is CC(C)(CC(=O)N1CCNCC1c1cccnc1)c1ccccc1. The van der Waals surface area contributed by atoms with Crippen molar-refractivity contribution in [2.45, 2.75) is 31.7 Å². The number of rotatable bonds is 4. The summed E-state index contributed by atoms with van der Waals surface area (Å²) in [6.07, 6.45) is 4.14. The van der Waals surface area contributed by atoms with Crippen molar-refractivity contribution in [3.05, 3.63) is 66.0 Å². The predicted molar refractivity (Wildman–Crippen MR) is 95.6 cm³/mol. The van der Waals surface area contributed by atoms with Gasteiger partial charge in [-0.3, -0.25) is 9.78 Å². The van der Waals surface area contributed by atoms with Crippen LogP contribution in [0, 0.1) is 0 Å². The van der Waals surface area contributed by atoms with E-state index in [1.54, 1.807) is 6.20 Å². The molecule has 0 saturated carbocycles. The van der Waals surface area contributed by atoms with Gasteiger partial charge in [0.1, 0.15) is 0 Å². The molecule has 1 fully saturated rings. The highest BCUT2D eigenvalue weighted by atomic mass is 16.2. The first-order valence-corrected chi connectivity index (χ1v) is 8.53. The molecule has 0 radical (unpaired) electrons. The molecule has 4 heteroatoms. The molecule has 0 bridgehead atoms. The molecule has 24 heavy (non-hydrogen) atoms. The lowest BCUT2D eigenvalue weighted by atomic mass is 9.81. The molecule has 1 aliphatic rings. The van der Waals surface area contributed by atoms with Gasteiger partial charge in [-0.2, -0.15) is 0 Å². The van der Waals surface area contributed by atoms with Gasteiger partial charge in [-0.25, -0.2) is 0 Å². The van der Waals surface area contributed by atoms with Gasteiger partial charge in [-0.05, 0) is 22.6 Å². The lowest BCUT2D eigenvalue weighted by molar-refractivity contribution is -0.135. The minimum Gasteiger partial charge on any atom is -0.333 e. The van der Waals surface area contributed by atoms with E-state index in [9.17, 15) is 4.79 Å². The Morgan fingerprint density at radius 2 is 2.04 bits per heavy atom. The van der Waals surface area contributed by atoms with Crippen molar-refractivity contribution >= 4 is 5.91 Å². The monoisotopic (exact) mass is 323 g/mol. The van der Waals surface area contributed by atoms with Gasteiger partial charge in [0.05, 0.1) is 6.04 Å². The summed E-state index contributed by atoms with van der Waals surface area (Å²) in [6.45, 7) is 6.64. The zero-order valence-corrected chi connectivity index (χ0v) is 14.4.